The summed E-state index contributed by atoms with van der Waals surface area (Å²) in [6.45, 7) is 3.99. The first kappa shape index (κ1) is 14.8. The van der Waals surface area contributed by atoms with E-state index in [9.17, 15) is 9.59 Å². The van der Waals surface area contributed by atoms with Crippen molar-refractivity contribution in [2.75, 3.05) is 19.8 Å². The van der Waals surface area contributed by atoms with Crippen LogP contribution >= 0.6 is 0 Å². The predicted octanol–water partition coefficient (Wildman–Crippen LogP) is 1.32. The van der Waals surface area contributed by atoms with Crippen molar-refractivity contribution in [3.8, 4) is 0 Å². The van der Waals surface area contributed by atoms with E-state index in [-0.39, 0.29) is 23.9 Å². The minimum absolute atomic E-state index is 0.00379. The molecular weight excluding hydrogens is 268 g/mol. The highest BCUT2D eigenvalue weighted by molar-refractivity contribution is 5.96. The molecule has 1 N–H and O–H groups in total. The zero-order valence-corrected chi connectivity index (χ0v) is 12.8. The zero-order chi connectivity index (χ0) is 14.8. The van der Waals surface area contributed by atoms with Crippen LogP contribution in [0.3, 0.4) is 0 Å². The number of piperazine rings is 1. The Balaban J connectivity index is 1.70. The highest BCUT2D eigenvalue weighted by atomic mass is 16.5. The minimum atomic E-state index is -0.349. The van der Waals surface area contributed by atoms with Crippen LogP contribution < -0.4 is 5.32 Å². The lowest BCUT2D eigenvalue weighted by Crippen LogP contribution is -2.65. The summed E-state index contributed by atoms with van der Waals surface area (Å²) >= 11 is 0. The Morgan fingerprint density at radius 3 is 2.62 bits per heavy atom. The van der Waals surface area contributed by atoms with Crippen LogP contribution in [0, 0.1) is 11.8 Å². The molecule has 0 radical (unpaired) electrons. The molecule has 0 aromatic carbocycles. The van der Waals surface area contributed by atoms with Gasteiger partial charge in [0.25, 0.3) is 0 Å². The summed E-state index contributed by atoms with van der Waals surface area (Å²) in [6.07, 6.45) is 6.72. The summed E-state index contributed by atoms with van der Waals surface area (Å²) < 4.78 is 5.40. The van der Waals surface area contributed by atoms with Crippen LogP contribution in [0.25, 0.3) is 0 Å². The van der Waals surface area contributed by atoms with Crippen LogP contribution in [0.4, 0.5) is 0 Å². The van der Waals surface area contributed by atoms with Crippen molar-refractivity contribution < 1.29 is 14.3 Å². The molecule has 3 atom stereocenters. The van der Waals surface area contributed by atoms with Crippen molar-refractivity contribution in [2.45, 2.75) is 57.5 Å². The van der Waals surface area contributed by atoms with Gasteiger partial charge in [0.15, 0.2) is 0 Å². The van der Waals surface area contributed by atoms with Crippen LogP contribution in [0.5, 0.6) is 0 Å². The molecule has 2 saturated heterocycles. The Hall–Kier alpha value is -1.10. The molecular formula is C16H26N2O3. The van der Waals surface area contributed by atoms with Crippen molar-refractivity contribution in [1.82, 2.24) is 10.2 Å². The monoisotopic (exact) mass is 294 g/mol. The normalized spacial score (nSPS) is 35.1. The van der Waals surface area contributed by atoms with E-state index in [0.29, 0.717) is 25.0 Å². The Kier molecular flexibility index (Phi) is 4.48. The zero-order valence-electron chi connectivity index (χ0n) is 12.8. The first-order valence-electron chi connectivity index (χ1n) is 8.35. The van der Waals surface area contributed by atoms with Gasteiger partial charge in [-0.15, -0.1) is 0 Å². The Morgan fingerprint density at radius 1 is 1.19 bits per heavy atom. The third-order valence-electron chi connectivity index (χ3n) is 5.29. The van der Waals surface area contributed by atoms with Gasteiger partial charge in [-0.05, 0) is 32.1 Å². The van der Waals surface area contributed by atoms with Crippen molar-refractivity contribution in [3.63, 3.8) is 0 Å². The third kappa shape index (κ3) is 3.07. The van der Waals surface area contributed by atoms with Crippen molar-refractivity contribution in [1.29, 1.82) is 0 Å². The molecule has 3 aliphatic rings. The van der Waals surface area contributed by atoms with Gasteiger partial charge in [-0.1, -0.05) is 19.3 Å². The summed E-state index contributed by atoms with van der Waals surface area (Å²) in [7, 11) is 0. The summed E-state index contributed by atoms with van der Waals surface area (Å²) in [6, 6.07) is -0.644. The summed E-state index contributed by atoms with van der Waals surface area (Å²) in [5.74, 6) is 0.837. The van der Waals surface area contributed by atoms with Gasteiger partial charge < -0.3 is 15.0 Å². The quantitative estimate of drug-likeness (QED) is 0.854. The van der Waals surface area contributed by atoms with E-state index in [2.05, 4.69) is 5.32 Å². The second-order valence-corrected chi connectivity index (χ2v) is 6.78. The smallest absolute Gasteiger partial charge is 0.246 e. The molecule has 118 valence electrons. The van der Waals surface area contributed by atoms with Gasteiger partial charge in [0.1, 0.15) is 12.1 Å². The molecule has 0 aromatic heterocycles. The number of amides is 2. The van der Waals surface area contributed by atoms with E-state index in [1.165, 1.54) is 19.3 Å². The van der Waals surface area contributed by atoms with Crippen LogP contribution in [-0.4, -0.2) is 48.6 Å². The molecule has 1 aliphatic carbocycles. The molecule has 2 amide bonds. The fourth-order valence-corrected chi connectivity index (χ4v) is 3.89. The lowest BCUT2D eigenvalue weighted by molar-refractivity contribution is -0.151. The number of rotatable bonds is 3. The molecule has 5 nitrogen and oxygen atoms in total. The molecule has 0 aromatic rings. The Morgan fingerprint density at radius 2 is 1.95 bits per heavy atom. The van der Waals surface area contributed by atoms with Gasteiger partial charge >= 0.3 is 0 Å². The maximum atomic E-state index is 12.8. The molecule has 2 heterocycles. The molecule has 0 bridgehead atoms. The van der Waals surface area contributed by atoms with E-state index in [4.69, 9.17) is 4.74 Å². The van der Waals surface area contributed by atoms with E-state index < -0.39 is 0 Å². The van der Waals surface area contributed by atoms with Gasteiger partial charge in [-0.3, -0.25) is 9.59 Å². The number of carbonyl (C=O) groups excluding carboxylic acids is 2. The number of carbonyl (C=O) groups is 2. The number of hydrogen-bond acceptors (Lipinski definition) is 3. The largest absolute Gasteiger partial charge is 0.381 e. The second-order valence-electron chi connectivity index (χ2n) is 6.78. The average molecular weight is 294 g/mol. The molecule has 3 rings (SSSR count). The molecule has 5 heteroatoms. The fourth-order valence-electron chi connectivity index (χ4n) is 3.89. The van der Waals surface area contributed by atoms with E-state index in [1.54, 1.807) is 4.90 Å². The first-order valence-corrected chi connectivity index (χ1v) is 8.35. The Bertz CT molecular complexity index is 400. The van der Waals surface area contributed by atoms with Gasteiger partial charge in [0.05, 0.1) is 6.61 Å². The van der Waals surface area contributed by atoms with Gasteiger partial charge in [0.2, 0.25) is 11.8 Å². The maximum absolute atomic E-state index is 12.8. The van der Waals surface area contributed by atoms with Crippen molar-refractivity contribution >= 4 is 11.8 Å². The number of ether oxygens (including phenoxy) is 1. The summed E-state index contributed by atoms with van der Waals surface area (Å²) in [4.78, 5) is 26.9. The van der Waals surface area contributed by atoms with Gasteiger partial charge in [-0.2, -0.15) is 0 Å². The first-order chi connectivity index (χ1) is 10.2. The van der Waals surface area contributed by atoms with Gasteiger partial charge in [0, 0.05) is 19.1 Å². The van der Waals surface area contributed by atoms with E-state index in [0.717, 1.165) is 25.9 Å². The predicted molar refractivity (Wildman–Crippen MR) is 78.6 cm³/mol. The topological polar surface area (TPSA) is 58.6 Å². The van der Waals surface area contributed by atoms with E-state index in [1.807, 2.05) is 6.92 Å². The van der Waals surface area contributed by atoms with Crippen LogP contribution in [0.2, 0.25) is 0 Å². The summed E-state index contributed by atoms with van der Waals surface area (Å²) in [5.41, 5.74) is 0. The van der Waals surface area contributed by atoms with Crippen LogP contribution in [0.15, 0.2) is 0 Å². The van der Waals surface area contributed by atoms with Crippen molar-refractivity contribution in [2.24, 2.45) is 11.8 Å². The molecule has 0 spiro atoms. The number of nitrogens with one attached hydrogen (secondary N) is 1. The maximum Gasteiger partial charge on any atom is 0.246 e. The molecule has 3 unspecified atom stereocenters. The summed E-state index contributed by atoms with van der Waals surface area (Å²) in [5, 5.41) is 2.98. The number of hydrogen-bond donors (Lipinski definition) is 1. The lowest BCUT2D eigenvalue weighted by Gasteiger charge is -2.42. The average Bonchev–Trinajstić information content (AvgIpc) is 3.01. The third-order valence-corrected chi connectivity index (χ3v) is 5.29. The lowest BCUT2D eigenvalue weighted by atomic mass is 9.82. The van der Waals surface area contributed by atoms with Crippen LogP contribution in [0.1, 0.15) is 45.4 Å². The highest BCUT2D eigenvalue weighted by Gasteiger charge is 2.42. The minimum Gasteiger partial charge on any atom is -0.381 e. The van der Waals surface area contributed by atoms with E-state index >= 15 is 0 Å². The fraction of sp³-hybridized carbons (Fsp3) is 0.875. The second kappa shape index (κ2) is 6.34. The highest BCUT2D eigenvalue weighted by Crippen LogP contribution is 2.30. The molecule has 21 heavy (non-hydrogen) atoms. The molecule has 2 aliphatic heterocycles. The SMILES string of the molecule is CC1C(=O)NC(C2CCCCC2)C(=O)N1CC1CCOC1. The Labute approximate surface area is 126 Å². The van der Waals surface area contributed by atoms with Crippen LogP contribution in [-0.2, 0) is 14.3 Å². The number of nitrogens with zero attached hydrogens (tertiary/aromatic N) is 1. The van der Waals surface area contributed by atoms with Gasteiger partial charge in [-0.25, -0.2) is 0 Å². The standard InChI is InChI=1S/C16H26N2O3/c1-11-15(19)17-14(13-5-3-2-4-6-13)16(20)18(11)9-12-7-8-21-10-12/h11-14H,2-10H2,1H3,(H,17,19). The molecule has 1 saturated carbocycles. The molecule has 3 fully saturated rings. The van der Waals surface area contributed by atoms with Crippen molar-refractivity contribution in [3.05, 3.63) is 0 Å².